The minimum atomic E-state index is -0.908. The molecule has 1 N–H and O–H groups in total. The van der Waals surface area contributed by atoms with Crippen LogP contribution in [-0.4, -0.2) is 34.1 Å². The Bertz CT molecular complexity index is 1540. The molecule has 1 aliphatic heterocycles. The van der Waals surface area contributed by atoms with Crippen molar-refractivity contribution in [1.29, 1.82) is 0 Å². The number of rotatable bonds is 7. The third kappa shape index (κ3) is 4.88. The van der Waals surface area contributed by atoms with E-state index in [0.29, 0.717) is 34.2 Å². The number of carbonyl (C=O) groups excluding carboxylic acids is 2. The number of anilines is 1. The summed E-state index contributed by atoms with van der Waals surface area (Å²) >= 11 is 1.19. The number of hydrogen-bond donors (Lipinski definition) is 1. The van der Waals surface area contributed by atoms with Gasteiger partial charge in [0.15, 0.2) is 0 Å². The number of nitrogens with zero attached hydrogens (tertiary/aromatic N) is 3. The van der Waals surface area contributed by atoms with E-state index in [-0.39, 0.29) is 16.5 Å². The minimum Gasteiger partial charge on any atom is -0.507 e. The lowest BCUT2D eigenvalue weighted by Gasteiger charge is -2.23. The lowest BCUT2D eigenvalue weighted by molar-refractivity contribution is -0.132. The summed E-state index contributed by atoms with van der Waals surface area (Å²) in [4.78, 5) is 27.8. The Hall–Kier alpha value is -4.50. The van der Waals surface area contributed by atoms with Gasteiger partial charge in [-0.1, -0.05) is 53.3 Å². The molecule has 38 heavy (non-hydrogen) atoms. The van der Waals surface area contributed by atoms with Crippen molar-refractivity contribution < 1.29 is 24.2 Å². The van der Waals surface area contributed by atoms with Crippen LogP contribution in [0.25, 0.3) is 5.76 Å². The van der Waals surface area contributed by atoms with E-state index in [2.05, 4.69) is 16.3 Å². The Morgan fingerprint density at radius 2 is 1.74 bits per heavy atom. The number of amides is 1. The van der Waals surface area contributed by atoms with Crippen LogP contribution in [0.3, 0.4) is 0 Å². The largest absolute Gasteiger partial charge is 0.507 e. The lowest BCUT2D eigenvalue weighted by atomic mass is 9.95. The molecule has 2 heterocycles. The monoisotopic (exact) mass is 527 g/mol. The molecule has 1 saturated heterocycles. The third-order valence-corrected chi connectivity index (χ3v) is 7.03. The minimum absolute atomic E-state index is 0.0375. The van der Waals surface area contributed by atoms with Gasteiger partial charge < -0.3 is 14.6 Å². The number of aliphatic hydroxyl groups excluding tert-OH is 1. The summed E-state index contributed by atoms with van der Waals surface area (Å²) in [5, 5.41) is 20.4. The van der Waals surface area contributed by atoms with E-state index in [1.54, 1.807) is 55.5 Å². The van der Waals surface area contributed by atoms with Crippen LogP contribution in [0.2, 0.25) is 0 Å². The highest BCUT2D eigenvalue weighted by Crippen LogP contribution is 2.43. The first kappa shape index (κ1) is 25.2. The lowest BCUT2D eigenvalue weighted by Crippen LogP contribution is -2.29. The van der Waals surface area contributed by atoms with Gasteiger partial charge in [-0.25, -0.2) is 0 Å². The summed E-state index contributed by atoms with van der Waals surface area (Å²) in [5.74, 6) is -0.712. The van der Waals surface area contributed by atoms with Crippen molar-refractivity contribution in [3.63, 3.8) is 0 Å². The summed E-state index contributed by atoms with van der Waals surface area (Å²) in [6.07, 6.45) is 0. The van der Waals surface area contributed by atoms with Crippen molar-refractivity contribution in [2.75, 3.05) is 12.0 Å². The molecule has 5 rings (SSSR count). The van der Waals surface area contributed by atoms with Crippen LogP contribution in [0.15, 0.2) is 78.4 Å². The number of ketones is 1. The standard InChI is InChI=1S/C29H25N3O5S/c1-17-6-4-7-19(14-17)16-37-22-12-10-20(11-13-22)26(33)24-25(21-8-5-9-23(15-21)36-3)32(28(35)27(24)34)29-31-30-18(2)38-29/h4-15,25,33H,16H2,1-3H3/t25-/m1/s1. The number of hydrogen-bond acceptors (Lipinski definition) is 8. The summed E-state index contributed by atoms with van der Waals surface area (Å²) < 4.78 is 11.2. The number of Topliss-reactive ketones (excluding diaryl/α,β-unsaturated/α-hetero) is 1. The van der Waals surface area contributed by atoms with Gasteiger partial charge in [0.25, 0.3) is 5.78 Å². The predicted octanol–water partition coefficient (Wildman–Crippen LogP) is 5.37. The van der Waals surface area contributed by atoms with Crippen molar-refractivity contribution in [2.45, 2.75) is 26.5 Å². The number of aryl methyl sites for hydroxylation is 2. The normalized spacial score (nSPS) is 16.6. The molecular formula is C29H25N3O5S. The summed E-state index contributed by atoms with van der Waals surface area (Å²) in [7, 11) is 1.53. The molecule has 9 heteroatoms. The zero-order chi connectivity index (χ0) is 26.8. The molecule has 3 aromatic carbocycles. The molecule has 8 nitrogen and oxygen atoms in total. The van der Waals surface area contributed by atoms with E-state index in [1.807, 2.05) is 25.1 Å². The van der Waals surface area contributed by atoms with Gasteiger partial charge in [-0.3, -0.25) is 14.5 Å². The predicted molar refractivity (Wildman–Crippen MR) is 144 cm³/mol. The van der Waals surface area contributed by atoms with Gasteiger partial charge in [0.1, 0.15) is 28.9 Å². The Morgan fingerprint density at radius 3 is 2.42 bits per heavy atom. The zero-order valence-corrected chi connectivity index (χ0v) is 21.9. The first-order valence-corrected chi connectivity index (χ1v) is 12.7. The maximum atomic E-state index is 13.3. The molecule has 0 spiro atoms. The molecule has 0 bridgehead atoms. The number of carbonyl (C=O) groups is 2. The van der Waals surface area contributed by atoms with Crippen LogP contribution in [0, 0.1) is 13.8 Å². The number of methoxy groups -OCH3 is 1. The van der Waals surface area contributed by atoms with Gasteiger partial charge in [0, 0.05) is 5.56 Å². The van der Waals surface area contributed by atoms with E-state index < -0.39 is 17.7 Å². The molecule has 1 aromatic heterocycles. The number of aliphatic hydroxyl groups is 1. The Balaban J connectivity index is 1.51. The molecule has 192 valence electrons. The van der Waals surface area contributed by atoms with Gasteiger partial charge in [-0.05, 0) is 61.4 Å². The zero-order valence-electron chi connectivity index (χ0n) is 21.0. The molecule has 0 saturated carbocycles. The fourth-order valence-electron chi connectivity index (χ4n) is 4.37. The van der Waals surface area contributed by atoms with Crippen LogP contribution < -0.4 is 14.4 Å². The van der Waals surface area contributed by atoms with Crippen molar-refractivity contribution in [3.05, 3.63) is 106 Å². The quantitative estimate of drug-likeness (QED) is 0.196. The van der Waals surface area contributed by atoms with Gasteiger partial charge in [0.05, 0.1) is 18.7 Å². The van der Waals surface area contributed by atoms with Crippen LogP contribution >= 0.6 is 11.3 Å². The fourth-order valence-corrected chi connectivity index (χ4v) is 5.09. The summed E-state index contributed by atoms with van der Waals surface area (Å²) in [6, 6.07) is 20.9. The topological polar surface area (TPSA) is 102 Å². The molecule has 0 radical (unpaired) electrons. The van der Waals surface area contributed by atoms with Crippen molar-refractivity contribution in [3.8, 4) is 11.5 Å². The van der Waals surface area contributed by atoms with Crippen molar-refractivity contribution >= 4 is 33.9 Å². The van der Waals surface area contributed by atoms with E-state index in [9.17, 15) is 14.7 Å². The first-order valence-electron chi connectivity index (χ1n) is 11.9. The van der Waals surface area contributed by atoms with Gasteiger partial charge >= 0.3 is 5.91 Å². The van der Waals surface area contributed by atoms with E-state index in [1.165, 1.54) is 23.3 Å². The third-order valence-electron chi connectivity index (χ3n) is 6.19. The average Bonchev–Trinajstić information content (AvgIpc) is 3.47. The Kier molecular flexibility index (Phi) is 6.93. The van der Waals surface area contributed by atoms with Crippen molar-refractivity contribution in [2.24, 2.45) is 0 Å². The molecular weight excluding hydrogens is 502 g/mol. The fraction of sp³-hybridized carbons (Fsp3) is 0.172. The number of ether oxygens (including phenoxy) is 2. The van der Waals surface area contributed by atoms with E-state index in [4.69, 9.17) is 9.47 Å². The van der Waals surface area contributed by atoms with E-state index >= 15 is 0 Å². The smallest absolute Gasteiger partial charge is 0.301 e. The Morgan fingerprint density at radius 1 is 0.974 bits per heavy atom. The highest BCUT2D eigenvalue weighted by Gasteiger charge is 2.48. The van der Waals surface area contributed by atoms with E-state index in [0.717, 1.165) is 11.1 Å². The van der Waals surface area contributed by atoms with Gasteiger partial charge in [0.2, 0.25) is 5.13 Å². The number of aromatic nitrogens is 2. The van der Waals surface area contributed by atoms with Crippen molar-refractivity contribution in [1.82, 2.24) is 10.2 Å². The Labute approximate surface area is 223 Å². The second-order valence-corrected chi connectivity index (χ2v) is 10.0. The van der Waals surface area contributed by atoms with Crippen LogP contribution in [0.4, 0.5) is 5.13 Å². The molecule has 1 fully saturated rings. The SMILES string of the molecule is COc1cccc([C@@H]2C(=C(O)c3ccc(OCc4cccc(C)c4)cc3)C(=O)C(=O)N2c2nnc(C)s2)c1. The summed E-state index contributed by atoms with van der Waals surface area (Å²) in [5.41, 5.74) is 3.13. The second-order valence-electron chi connectivity index (χ2n) is 8.85. The number of benzene rings is 3. The molecule has 1 amide bonds. The molecule has 1 aliphatic rings. The van der Waals surface area contributed by atoms with Crippen LogP contribution in [-0.2, 0) is 16.2 Å². The molecule has 0 unspecified atom stereocenters. The summed E-state index contributed by atoms with van der Waals surface area (Å²) in [6.45, 7) is 4.19. The van der Waals surface area contributed by atoms with Gasteiger partial charge in [-0.2, -0.15) is 0 Å². The average molecular weight is 528 g/mol. The highest BCUT2D eigenvalue weighted by molar-refractivity contribution is 7.15. The molecule has 1 atom stereocenters. The molecule has 0 aliphatic carbocycles. The molecule has 4 aromatic rings. The van der Waals surface area contributed by atoms with Crippen LogP contribution in [0.5, 0.6) is 11.5 Å². The van der Waals surface area contributed by atoms with Gasteiger partial charge in [-0.15, -0.1) is 10.2 Å². The first-order chi connectivity index (χ1) is 18.4. The maximum Gasteiger partial charge on any atom is 0.301 e. The van der Waals surface area contributed by atoms with Crippen LogP contribution in [0.1, 0.15) is 33.3 Å². The second kappa shape index (κ2) is 10.5. The maximum absolute atomic E-state index is 13.3. The highest BCUT2D eigenvalue weighted by atomic mass is 32.1.